The standard InChI is InChI=1S/C16H34N4.HI/c1-5-10-18-16(17-4)19-13-15(14(2)3)20-11-8-6-7-9-12-20;/h14-15H,5-13H2,1-4H3,(H2,17,18,19);1H. The minimum atomic E-state index is 0. The van der Waals surface area contributed by atoms with Gasteiger partial charge in [0, 0.05) is 26.2 Å². The van der Waals surface area contributed by atoms with Crippen molar-refractivity contribution in [1.29, 1.82) is 0 Å². The molecule has 2 N–H and O–H groups in total. The maximum Gasteiger partial charge on any atom is 0.191 e. The van der Waals surface area contributed by atoms with Gasteiger partial charge in [-0.2, -0.15) is 0 Å². The highest BCUT2D eigenvalue weighted by Crippen LogP contribution is 2.16. The van der Waals surface area contributed by atoms with Gasteiger partial charge in [-0.25, -0.2) is 0 Å². The Morgan fingerprint density at radius 2 is 1.71 bits per heavy atom. The molecule has 0 saturated carbocycles. The highest BCUT2D eigenvalue weighted by atomic mass is 127. The molecule has 0 spiro atoms. The quantitative estimate of drug-likeness (QED) is 0.402. The molecule has 4 nitrogen and oxygen atoms in total. The highest BCUT2D eigenvalue weighted by Gasteiger charge is 2.22. The van der Waals surface area contributed by atoms with Crippen LogP contribution >= 0.6 is 24.0 Å². The fourth-order valence-electron chi connectivity index (χ4n) is 2.88. The molecule has 1 rings (SSSR count). The van der Waals surface area contributed by atoms with E-state index in [-0.39, 0.29) is 24.0 Å². The van der Waals surface area contributed by atoms with Gasteiger partial charge in [-0.1, -0.05) is 33.6 Å². The van der Waals surface area contributed by atoms with Crippen LogP contribution < -0.4 is 10.6 Å². The molecule has 0 aromatic rings. The van der Waals surface area contributed by atoms with Crippen molar-refractivity contribution in [3.05, 3.63) is 0 Å². The first-order valence-corrected chi connectivity index (χ1v) is 8.37. The van der Waals surface area contributed by atoms with Gasteiger partial charge in [0.2, 0.25) is 0 Å². The van der Waals surface area contributed by atoms with E-state index in [1.165, 1.54) is 38.8 Å². The molecule has 1 unspecified atom stereocenters. The zero-order valence-corrected chi connectivity index (χ0v) is 16.7. The molecule has 1 atom stereocenters. The van der Waals surface area contributed by atoms with Crippen LogP contribution in [-0.2, 0) is 0 Å². The lowest BCUT2D eigenvalue weighted by molar-refractivity contribution is 0.161. The third-order valence-electron chi connectivity index (χ3n) is 4.12. The normalized spacial score (nSPS) is 18.8. The number of aliphatic imine (C=N–C) groups is 1. The Balaban J connectivity index is 0.00000400. The van der Waals surface area contributed by atoms with Crippen LogP contribution in [0.15, 0.2) is 4.99 Å². The summed E-state index contributed by atoms with van der Waals surface area (Å²) in [6.45, 7) is 11.3. The SMILES string of the molecule is CCCNC(=NC)NCC(C(C)C)N1CCCCCC1.I. The molecule has 0 aromatic heterocycles. The summed E-state index contributed by atoms with van der Waals surface area (Å²) in [4.78, 5) is 6.97. The lowest BCUT2D eigenvalue weighted by atomic mass is 10.0. The summed E-state index contributed by atoms with van der Waals surface area (Å²) in [6, 6.07) is 0.605. The number of hydrogen-bond donors (Lipinski definition) is 2. The number of nitrogens with one attached hydrogen (secondary N) is 2. The number of nitrogens with zero attached hydrogens (tertiary/aromatic N) is 2. The maximum absolute atomic E-state index is 4.30. The van der Waals surface area contributed by atoms with Crippen molar-refractivity contribution in [2.75, 3.05) is 33.2 Å². The Morgan fingerprint density at radius 3 is 2.19 bits per heavy atom. The van der Waals surface area contributed by atoms with Crippen molar-refractivity contribution in [2.24, 2.45) is 10.9 Å². The smallest absolute Gasteiger partial charge is 0.191 e. The van der Waals surface area contributed by atoms with E-state index in [0.717, 1.165) is 25.5 Å². The van der Waals surface area contributed by atoms with E-state index in [4.69, 9.17) is 0 Å². The number of likely N-dealkylation sites (tertiary alicyclic amines) is 1. The van der Waals surface area contributed by atoms with Crippen molar-refractivity contribution in [3.63, 3.8) is 0 Å². The van der Waals surface area contributed by atoms with Gasteiger partial charge in [-0.05, 0) is 38.3 Å². The molecule has 5 heteroatoms. The van der Waals surface area contributed by atoms with Gasteiger partial charge < -0.3 is 10.6 Å². The molecule has 1 saturated heterocycles. The molecular weight excluding hydrogens is 375 g/mol. The van der Waals surface area contributed by atoms with E-state index >= 15 is 0 Å². The topological polar surface area (TPSA) is 39.7 Å². The van der Waals surface area contributed by atoms with Gasteiger partial charge in [0.25, 0.3) is 0 Å². The van der Waals surface area contributed by atoms with E-state index in [1.54, 1.807) is 0 Å². The fraction of sp³-hybridized carbons (Fsp3) is 0.938. The molecule has 1 aliphatic rings. The summed E-state index contributed by atoms with van der Waals surface area (Å²) in [5.74, 6) is 1.61. The van der Waals surface area contributed by atoms with Crippen LogP contribution in [0.4, 0.5) is 0 Å². The summed E-state index contributed by atoms with van der Waals surface area (Å²) >= 11 is 0. The molecule has 0 bridgehead atoms. The third-order valence-corrected chi connectivity index (χ3v) is 4.12. The van der Waals surface area contributed by atoms with Gasteiger partial charge in [-0.15, -0.1) is 24.0 Å². The number of guanidine groups is 1. The molecule has 1 aliphatic heterocycles. The van der Waals surface area contributed by atoms with Crippen LogP contribution in [0.2, 0.25) is 0 Å². The molecule has 0 radical (unpaired) electrons. The zero-order chi connectivity index (χ0) is 14.8. The van der Waals surface area contributed by atoms with Gasteiger partial charge in [-0.3, -0.25) is 9.89 Å². The summed E-state index contributed by atoms with van der Waals surface area (Å²) in [5.41, 5.74) is 0. The van der Waals surface area contributed by atoms with E-state index in [2.05, 4.69) is 41.3 Å². The molecule has 126 valence electrons. The molecule has 1 fully saturated rings. The Kier molecular flexibility index (Phi) is 12.5. The molecule has 0 amide bonds. The maximum atomic E-state index is 4.30. The Bertz CT molecular complexity index is 273. The second-order valence-corrected chi connectivity index (χ2v) is 6.14. The Hall–Kier alpha value is -0.0400. The third kappa shape index (κ3) is 8.24. The molecular formula is C16H35IN4. The van der Waals surface area contributed by atoms with Gasteiger partial charge in [0.05, 0.1) is 0 Å². The van der Waals surface area contributed by atoms with E-state index < -0.39 is 0 Å². The first-order chi connectivity index (χ1) is 9.69. The first-order valence-electron chi connectivity index (χ1n) is 8.37. The summed E-state index contributed by atoms with van der Waals surface area (Å²) in [7, 11) is 1.85. The monoisotopic (exact) mass is 410 g/mol. The predicted octanol–water partition coefficient (Wildman–Crippen LogP) is 3.08. The molecule has 1 heterocycles. The fourth-order valence-corrected chi connectivity index (χ4v) is 2.88. The number of hydrogen-bond acceptors (Lipinski definition) is 2. The second kappa shape index (κ2) is 12.5. The van der Waals surface area contributed by atoms with Crippen molar-refractivity contribution in [1.82, 2.24) is 15.5 Å². The average Bonchev–Trinajstić information content (AvgIpc) is 2.71. The zero-order valence-electron chi connectivity index (χ0n) is 14.3. The Labute approximate surface area is 148 Å². The highest BCUT2D eigenvalue weighted by molar-refractivity contribution is 14.0. The first kappa shape index (κ1) is 21.0. The predicted molar refractivity (Wildman–Crippen MR) is 104 cm³/mol. The van der Waals surface area contributed by atoms with Crippen LogP contribution in [0.25, 0.3) is 0 Å². The van der Waals surface area contributed by atoms with Crippen molar-refractivity contribution >= 4 is 29.9 Å². The minimum Gasteiger partial charge on any atom is -0.356 e. The van der Waals surface area contributed by atoms with E-state index in [1.807, 2.05) is 7.05 Å². The van der Waals surface area contributed by atoms with E-state index in [9.17, 15) is 0 Å². The second-order valence-electron chi connectivity index (χ2n) is 6.14. The van der Waals surface area contributed by atoms with Gasteiger partial charge in [0.1, 0.15) is 0 Å². The Morgan fingerprint density at radius 1 is 1.10 bits per heavy atom. The van der Waals surface area contributed by atoms with Gasteiger partial charge >= 0.3 is 0 Å². The lowest BCUT2D eigenvalue weighted by Gasteiger charge is -2.34. The van der Waals surface area contributed by atoms with Crippen molar-refractivity contribution in [3.8, 4) is 0 Å². The average molecular weight is 410 g/mol. The molecule has 0 aromatic carbocycles. The molecule has 0 aliphatic carbocycles. The van der Waals surface area contributed by atoms with E-state index in [0.29, 0.717) is 12.0 Å². The summed E-state index contributed by atoms with van der Waals surface area (Å²) in [5, 5.41) is 6.85. The van der Waals surface area contributed by atoms with Crippen molar-refractivity contribution in [2.45, 2.75) is 58.9 Å². The largest absolute Gasteiger partial charge is 0.356 e. The lowest BCUT2D eigenvalue weighted by Crippen LogP contribution is -2.49. The summed E-state index contributed by atoms with van der Waals surface area (Å²) in [6.07, 6.45) is 6.63. The number of rotatable bonds is 6. The van der Waals surface area contributed by atoms with Gasteiger partial charge in [0.15, 0.2) is 5.96 Å². The van der Waals surface area contributed by atoms with Crippen LogP contribution in [0.3, 0.4) is 0 Å². The van der Waals surface area contributed by atoms with Crippen LogP contribution in [0.5, 0.6) is 0 Å². The molecule has 21 heavy (non-hydrogen) atoms. The van der Waals surface area contributed by atoms with Crippen LogP contribution in [0.1, 0.15) is 52.9 Å². The summed E-state index contributed by atoms with van der Waals surface area (Å²) < 4.78 is 0. The van der Waals surface area contributed by atoms with Crippen molar-refractivity contribution < 1.29 is 0 Å². The van der Waals surface area contributed by atoms with Crippen LogP contribution in [-0.4, -0.2) is 50.1 Å². The minimum absolute atomic E-state index is 0. The van der Waals surface area contributed by atoms with Crippen LogP contribution in [0, 0.1) is 5.92 Å². The number of halogens is 1.